The smallest absolute Gasteiger partial charge is 0.258 e. The molecule has 0 spiro atoms. The van der Waals surface area contributed by atoms with Crippen LogP contribution in [0.15, 0.2) is 66.4 Å². The van der Waals surface area contributed by atoms with E-state index in [1.807, 2.05) is 46.3 Å². The molecule has 0 aliphatic carbocycles. The van der Waals surface area contributed by atoms with Crippen molar-refractivity contribution in [2.24, 2.45) is 0 Å². The highest BCUT2D eigenvalue weighted by molar-refractivity contribution is 7.13. The Labute approximate surface area is 136 Å². The maximum atomic E-state index is 12.5. The van der Waals surface area contributed by atoms with Gasteiger partial charge in [0.2, 0.25) is 0 Å². The first-order chi connectivity index (χ1) is 11.3. The molecule has 112 valence electrons. The number of aromatic nitrogens is 3. The lowest BCUT2D eigenvalue weighted by Crippen LogP contribution is -2.14. The second-order valence-electron chi connectivity index (χ2n) is 4.91. The van der Waals surface area contributed by atoms with E-state index in [2.05, 4.69) is 15.3 Å². The quantitative estimate of drug-likeness (QED) is 0.626. The minimum absolute atomic E-state index is 0.207. The number of imidazole rings is 1. The van der Waals surface area contributed by atoms with Gasteiger partial charge in [-0.05, 0) is 35.7 Å². The third kappa shape index (κ3) is 2.49. The fourth-order valence-corrected chi connectivity index (χ4v) is 3.09. The van der Waals surface area contributed by atoms with Crippen LogP contribution in [0.3, 0.4) is 0 Å². The topological polar surface area (TPSA) is 59.3 Å². The van der Waals surface area contributed by atoms with Gasteiger partial charge in [0, 0.05) is 18.6 Å². The zero-order valence-electron chi connectivity index (χ0n) is 12.0. The lowest BCUT2D eigenvalue weighted by Gasteiger charge is -2.06. The molecular weight excluding hydrogens is 308 g/mol. The molecule has 0 saturated carbocycles. The van der Waals surface area contributed by atoms with Crippen molar-refractivity contribution in [3.05, 3.63) is 72.0 Å². The summed E-state index contributed by atoms with van der Waals surface area (Å²) < 4.78 is 1.88. The lowest BCUT2D eigenvalue weighted by molar-refractivity contribution is 0.102. The van der Waals surface area contributed by atoms with Crippen LogP contribution in [0.25, 0.3) is 16.2 Å². The van der Waals surface area contributed by atoms with E-state index in [0.29, 0.717) is 11.4 Å². The fourth-order valence-electron chi connectivity index (χ4n) is 2.38. The summed E-state index contributed by atoms with van der Waals surface area (Å²) in [7, 11) is 0. The molecule has 0 saturated heterocycles. The SMILES string of the molecule is O=C(Nc1c(-c2cccs2)nc2ccccn12)c1cccnc1. The van der Waals surface area contributed by atoms with Gasteiger partial charge in [-0.15, -0.1) is 11.3 Å². The summed E-state index contributed by atoms with van der Waals surface area (Å²) in [5.41, 5.74) is 2.07. The molecule has 4 heterocycles. The number of hydrogen-bond acceptors (Lipinski definition) is 4. The molecule has 4 aromatic rings. The number of nitrogens with zero attached hydrogens (tertiary/aromatic N) is 3. The molecule has 4 rings (SSSR count). The second-order valence-corrected chi connectivity index (χ2v) is 5.86. The minimum Gasteiger partial charge on any atom is -0.306 e. The first-order valence-electron chi connectivity index (χ1n) is 7.05. The molecule has 0 fully saturated rings. The Bertz CT molecular complexity index is 961. The second kappa shape index (κ2) is 5.66. The van der Waals surface area contributed by atoms with E-state index in [9.17, 15) is 4.79 Å². The normalized spacial score (nSPS) is 10.8. The van der Waals surface area contributed by atoms with Gasteiger partial charge in [-0.2, -0.15) is 0 Å². The fraction of sp³-hybridized carbons (Fsp3) is 0. The zero-order valence-corrected chi connectivity index (χ0v) is 12.8. The number of amides is 1. The number of rotatable bonds is 3. The number of thiophene rings is 1. The molecule has 0 unspecified atom stereocenters. The van der Waals surface area contributed by atoms with Gasteiger partial charge in [0.1, 0.15) is 17.2 Å². The van der Waals surface area contributed by atoms with Crippen LogP contribution in [-0.4, -0.2) is 20.3 Å². The number of hydrogen-bond donors (Lipinski definition) is 1. The Morgan fingerprint density at radius 3 is 2.87 bits per heavy atom. The van der Waals surface area contributed by atoms with Gasteiger partial charge in [0.05, 0.1) is 10.4 Å². The average Bonchev–Trinajstić information content (AvgIpc) is 3.24. The highest BCUT2D eigenvalue weighted by Gasteiger charge is 2.17. The molecule has 0 bridgehead atoms. The van der Waals surface area contributed by atoms with Crippen LogP contribution in [-0.2, 0) is 0 Å². The number of fused-ring (bicyclic) bond motifs is 1. The maximum Gasteiger partial charge on any atom is 0.258 e. The number of pyridine rings is 2. The van der Waals surface area contributed by atoms with Crippen LogP contribution in [0.2, 0.25) is 0 Å². The summed E-state index contributed by atoms with van der Waals surface area (Å²) in [4.78, 5) is 22.1. The van der Waals surface area contributed by atoms with Crippen LogP contribution in [0.5, 0.6) is 0 Å². The van der Waals surface area contributed by atoms with Gasteiger partial charge < -0.3 is 5.32 Å². The average molecular weight is 320 g/mol. The van der Waals surface area contributed by atoms with Crippen molar-refractivity contribution in [2.45, 2.75) is 0 Å². The minimum atomic E-state index is -0.207. The Kier molecular flexibility index (Phi) is 3.36. The number of anilines is 1. The van der Waals surface area contributed by atoms with Gasteiger partial charge in [0.25, 0.3) is 5.91 Å². The molecule has 5 nitrogen and oxygen atoms in total. The maximum absolute atomic E-state index is 12.5. The molecule has 1 N–H and O–H groups in total. The van der Waals surface area contributed by atoms with E-state index in [1.165, 1.54) is 0 Å². The van der Waals surface area contributed by atoms with E-state index in [-0.39, 0.29) is 5.91 Å². The van der Waals surface area contributed by atoms with Gasteiger partial charge in [-0.1, -0.05) is 12.1 Å². The van der Waals surface area contributed by atoms with E-state index in [4.69, 9.17) is 0 Å². The summed E-state index contributed by atoms with van der Waals surface area (Å²) in [5, 5.41) is 4.96. The Morgan fingerprint density at radius 2 is 2.09 bits per heavy atom. The predicted molar refractivity (Wildman–Crippen MR) is 90.7 cm³/mol. The predicted octanol–water partition coefficient (Wildman–Crippen LogP) is 3.71. The highest BCUT2D eigenvalue weighted by atomic mass is 32.1. The van der Waals surface area contributed by atoms with Crippen molar-refractivity contribution in [2.75, 3.05) is 5.32 Å². The summed E-state index contributed by atoms with van der Waals surface area (Å²) in [6.45, 7) is 0. The number of carbonyl (C=O) groups is 1. The third-order valence-electron chi connectivity index (χ3n) is 3.44. The number of nitrogens with one attached hydrogen (secondary N) is 1. The highest BCUT2D eigenvalue weighted by Crippen LogP contribution is 2.32. The van der Waals surface area contributed by atoms with Crippen LogP contribution in [0, 0.1) is 0 Å². The lowest BCUT2D eigenvalue weighted by atomic mass is 10.2. The van der Waals surface area contributed by atoms with Crippen molar-refractivity contribution in [3.63, 3.8) is 0 Å². The molecule has 4 aromatic heterocycles. The molecule has 6 heteroatoms. The largest absolute Gasteiger partial charge is 0.306 e. The summed E-state index contributed by atoms with van der Waals surface area (Å²) in [5.74, 6) is 0.457. The zero-order chi connectivity index (χ0) is 15.6. The van der Waals surface area contributed by atoms with Crippen molar-refractivity contribution in [1.29, 1.82) is 0 Å². The van der Waals surface area contributed by atoms with Crippen molar-refractivity contribution < 1.29 is 4.79 Å². The van der Waals surface area contributed by atoms with Gasteiger partial charge in [-0.25, -0.2) is 4.98 Å². The molecule has 1 amide bonds. The molecule has 0 aromatic carbocycles. The van der Waals surface area contributed by atoms with E-state index in [0.717, 1.165) is 16.2 Å². The molecule has 0 aliphatic heterocycles. The first kappa shape index (κ1) is 13.7. The van der Waals surface area contributed by atoms with Crippen molar-refractivity contribution in [1.82, 2.24) is 14.4 Å². The molecule has 0 aliphatic rings. The third-order valence-corrected chi connectivity index (χ3v) is 4.32. The summed E-state index contributed by atoms with van der Waals surface area (Å²) in [6, 6.07) is 13.2. The van der Waals surface area contributed by atoms with Crippen LogP contribution in [0.1, 0.15) is 10.4 Å². The first-order valence-corrected chi connectivity index (χ1v) is 7.93. The summed E-state index contributed by atoms with van der Waals surface area (Å²) in [6.07, 6.45) is 5.07. The van der Waals surface area contributed by atoms with Crippen molar-refractivity contribution >= 4 is 28.7 Å². The molecular formula is C17H12N4OS. The van der Waals surface area contributed by atoms with Gasteiger partial charge in [-0.3, -0.25) is 14.2 Å². The molecule has 23 heavy (non-hydrogen) atoms. The van der Waals surface area contributed by atoms with Gasteiger partial charge in [0.15, 0.2) is 0 Å². The van der Waals surface area contributed by atoms with Crippen molar-refractivity contribution in [3.8, 4) is 10.6 Å². The molecule has 0 atom stereocenters. The van der Waals surface area contributed by atoms with Crippen LogP contribution < -0.4 is 5.32 Å². The van der Waals surface area contributed by atoms with E-state index < -0.39 is 0 Å². The Morgan fingerprint density at radius 1 is 1.13 bits per heavy atom. The summed E-state index contributed by atoms with van der Waals surface area (Å²) >= 11 is 1.59. The van der Waals surface area contributed by atoms with E-state index in [1.54, 1.807) is 35.9 Å². The monoisotopic (exact) mass is 320 g/mol. The Hall–Kier alpha value is -2.99. The van der Waals surface area contributed by atoms with Crippen LogP contribution in [0.4, 0.5) is 5.82 Å². The van der Waals surface area contributed by atoms with Gasteiger partial charge >= 0.3 is 0 Å². The van der Waals surface area contributed by atoms with Crippen LogP contribution >= 0.6 is 11.3 Å². The Balaban J connectivity index is 1.82. The standard InChI is InChI=1S/C17H12N4OS/c22-17(12-5-3-8-18-11-12)20-16-15(13-6-4-10-23-13)19-14-7-1-2-9-21(14)16/h1-11H,(H,20,22). The van der Waals surface area contributed by atoms with E-state index >= 15 is 0 Å². The molecule has 0 radical (unpaired) electrons. The number of carbonyl (C=O) groups excluding carboxylic acids is 1.